The van der Waals surface area contributed by atoms with Gasteiger partial charge < -0.3 is 9.84 Å². The molecule has 58 valence electrons. The van der Waals surface area contributed by atoms with Crippen molar-refractivity contribution in [3.63, 3.8) is 0 Å². The van der Waals surface area contributed by atoms with Crippen LogP contribution < -0.4 is 0 Å². The lowest BCUT2D eigenvalue weighted by atomic mass is 10.00. The van der Waals surface area contributed by atoms with Gasteiger partial charge in [0.05, 0.1) is 18.6 Å². The van der Waals surface area contributed by atoms with E-state index in [1.807, 2.05) is 6.92 Å². The van der Waals surface area contributed by atoms with Crippen molar-refractivity contribution in [2.75, 3.05) is 6.61 Å². The van der Waals surface area contributed by atoms with E-state index in [0.29, 0.717) is 6.61 Å². The average molecular weight is 144 g/mol. The van der Waals surface area contributed by atoms with Gasteiger partial charge in [0.15, 0.2) is 0 Å². The standard InChI is InChI=1S/C7H12O3/c1-5-2-3-6(4-10-5)7(8)9/h5-6H,2-4H2,1H3,(H,8,9)/t5-,6-/m1/s1. The van der Waals surface area contributed by atoms with Gasteiger partial charge in [-0.05, 0) is 19.8 Å². The quantitative estimate of drug-likeness (QED) is 0.594. The van der Waals surface area contributed by atoms with Crippen molar-refractivity contribution in [1.82, 2.24) is 0 Å². The summed E-state index contributed by atoms with van der Waals surface area (Å²) in [6.07, 6.45) is 1.88. The van der Waals surface area contributed by atoms with Gasteiger partial charge in [-0.15, -0.1) is 0 Å². The van der Waals surface area contributed by atoms with Crippen molar-refractivity contribution < 1.29 is 14.6 Å². The minimum Gasteiger partial charge on any atom is -0.481 e. The molecule has 0 amide bonds. The number of aliphatic carboxylic acids is 1. The summed E-state index contributed by atoms with van der Waals surface area (Å²) in [6.45, 7) is 2.36. The van der Waals surface area contributed by atoms with Crippen molar-refractivity contribution in [3.05, 3.63) is 0 Å². The zero-order valence-corrected chi connectivity index (χ0v) is 6.04. The molecule has 0 radical (unpaired) electrons. The number of ether oxygens (including phenoxy) is 1. The number of hydrogen-bond donors (Lipinski definition) is 1. The number of carboxylic acids is 1. The van der Waals surface area contributed by atoms with Crippen LogP contribution in [0.1, 0.15) is 19.8 Å². The molecule has 0 aromatic heterocycles. The lowest BCUT2D eigenvalue weighted by Crippen LogP contribution is -2.28. The van der Waals surface area contributed by atoms with E-state index in [9.17, 15) is 4.79 Å². The first-order valence-corrected chi connectivity index (χ1v) is 3.54. The minimum atomic E-state index is -0.730. The molecule has 1 saturated heterocycles. The smallest absolute Gasteiger partial charge is 0.308 e. The van der Waals surface area contributed by atoms with Crippen molar-refractivity contribution in [1.29, 1.82) is 0 Å². The van der Waals surface area contributed by atoms with Gasteiger partial charge in [-0.25, -0.2) is 0 Å². The zero-order chi connectivity index (χ0) is 7.56. The molecule has 1 aliphatic rings. The maximum absolute atomic E-state index is 10.4. The first kappa shape index (κ1) is 7.54. The first-order chi connectivity index (χ1) is 4.70. The second-order valence-electron chi connectivity index (χ2n) is 2.76. The van der Waals surface area contributed by atoms with Gasteiger partial charge in [-0.2, -0.15) is 0 Å². The summed E-state index contributed by atoms with van der Waals surface area (Å²) >= 11 is 0. The summed E-state index contributed by atoms with van der Waals surface area (Å²) in [4.78, 5) is 10.4. The van der Waals surface area contributed by atoms with Crippen LogP contribution in [0.15, 0.2) is 0 Å². The van der Waals surface area contributed by atoms with Crippen LogP contribution in [0.2, 0.25) is 0 Å². The van der Waals surface area contributed by atoms with E-state index in [4.69, 9.17) is 9.84 Å². The normalized spacial score (nSPS) is 33.7. The Morgan fingerprint density at radius 3 is 2.70 bits per heavy atom. The van der Waals surface area contributed by atoms with Crippen LogP contribution in [0, 0.1) is 5.92 Å². The lowest BCUT2D eigenvalue weighted by molar-refractivity contribution is -0.147. The molecule has 0 spiro atoms. The van der Waals surface area contributed by atoms with Crippen LogP contribution in [0.25, 0.3) is 0 Å². The Labute approximate surface area is 60.0 Å². The molecule has 0 aliphatic carbocycles. The molecule has 0 unspecified atom stereocenters. The molecule has 1 heterocycles. The fourth-order valence-corrected chi connectivity index (χ4v) is 1.08. The predicted octanol–water partition coefficient (Wildman–Crippen LogP) is 0.886. The molecule has 1 aliphatic heterocycles. The summed E-state index contributed by atoms with van der Waals surface area (Å²) < 4.78 is 5.17. The Morgan fingerprint density at radius 1 is 1.60 bits per heavy atom. The van der Waals surface area contributed by atoms with Crippen molar-refractivity contribution in [2.24, 2.45) is 5.92 Å². The highest BCUT2D eigenvalue weighted by Crippen LogP contribution is 2.18. The van der Waals surface area contributed by atoms with Crippen LogP contribution in [0.4, 0.5) is 0 Å². The maximum Gasteiger partial charge on any atom is 0.308 e. The van der Waals surface area contributed by atoms with E-state index in [0.717, 1.165) is 12.8 Å². The van der Waals surface area contributed by atoms with Crippen molar-refractivity contribution >= 4 is 5.97 Å². The molecule has 1 fully saturated rings. The van der Waals surface area contributed by atoms with E-state index in [1.165, 1.54) is 0 Å². The zero-order valence-electron chi connectivity index (χ0n) is 6.04. The van der Waals surface area contributed by atoms with Crippen LogP contribution >= 0.6 is 0 Å². The summed E-state index contributed by atoms with van der Waals surface area (Å²) in [5, 5.41) is 8.54. The predicted molar refractivity (Wildman–Crippen MR) is 35.8 cm³/mol. The fourth-order valence-electron chi connectivity index (χ4n) is 1.08. The molecule has 2 atom stereocenters. The van der Waals surface area contributed by atoms with E-state index >= 15 is 0 Å². The van der Waals surface area contributed by atoms with Gasteiger partial charge in [-0.1, -0.05) is 0 Å². The molecule has 3 nitrogen and oxygen atoms in total. The Morgan fingerprint density at radius 2 is 2.30 bits per heavy atom. The van der Waals surface area contributed by atoms with Gasteiger partial charge in [0.25, 0.3) is 0 Å². The Hall–Kier alpha value is -0.570. The topological polar surface area (TPSA) is 46.5 Å². The molecule has 0 aromatic carbocycles. The van der Waals surface area contributed by atoms with Gasteiger partial charge in [0, 0.05) is 0 Å². The Balaban J connectivity index is 2.33. The van der Waals surface area contributed by atoms with E-state index in [1.54, 1.807) is 0 Å². The van der Waals surface area contributed by atoms with Crippen LogP contribution in [0.5, 0.6) is 0 Å². The van der Waals surface area contributed by atoms with E-state index in [-0.39, 0.29) is 12.0 Å². The monoisotopic (exact) mass is 144 g/mol. The largest absolute Gasteiger partial charge is 0.481 e. The Bertz CT molecular complexity index is 125. The molecule has 3 heteroatoms. The van der Waals surface area contributed by atoms with Crippen LogP contribution in [-0.2, 0) is 9.53 Å². The number of carbonyl (C=O) groups is 1. The average Bonchev–Trinajstić information content (AvgIpc) is 1.88. The van der Waals surface area contributed by atoms with E-state index < -0.39 is 5.97 Å². The molecule has 0 bridgehead atoms. The van der Waals surface area contributed by atoms with Crippen LogP contribution in [0.3, 0.4) is 0 Å². The number of hydrogen-bond acceptors (Lipinski definition) is 2. The third-order valence-electron chi connectivity index (χ3n) is 1.85. The second kappa shape index (κ2) is 3.01. The molecule has 10 heavy (non-hydrogen) atoms. The number of carboxylic acid groups (broad SMARTS) is 1. The summed E-state index contributed by atoms with van der Waals surface area (Å²) in [5.74, 6) is -0.997. The molecule has 1 rings (SSSR count). The summed E-state index contributed by atoms with van der Waals surface area (Å²) in [5.41, 5.74) is 0. The van der Waals surface area contributed by atoms with Gasteiger partial charge >= 0.3 is 5.97 Å². The van der Waals surface area contributed by atoms with Gasteiger partial charge in [0.1, 0.15) is 0 Å². The third-order valence-corrected chi connectivity index (χ3v) is 1.85. The van der Waals surface area contributed by atoms with Gasteiger partial charge in [0.2, 0.25) is 0 Å². The minimum absolute atomic E-state index is 0.246. The Kier molecular flexibility index (Phi) is 2.27. The summed E-state index contributed by atoms with van der Waals surface area (Å²) in [6, 6.07) is 0. The SMILES string of the molecule is C[C@@H]1CC[C@@H](C(=O)O)CO1. The lowest BCUT2D eigenvalue weighted by Gasteiger charge is -2.23. The maximum atomic E-state index is 10.4. The molecule has 0 aromatic rings. The highest BCUT2D eigenvalue weighted by Gasteiger charge is 2.23. The summed E-state index contributed by atoms with van der Waals surface area (Å²) in [7, 11) is 0. The molecule has 1 N–H and O–H groups in total. The molecule has 0 saturated carbocycles. The van der Waals surface area contributed by atoms with Crippen molar-refractivity contribution in [2.45, 2.75) is 25.9 Å². The first-order valence-electron chi connectivity index (χ1n) is 3.54. The highest BCUT2D eigenvalue weighted by atomic mass is 16.5. The molecular formula is C7H12O3. The molecular weight excluding hydrogens is 132 g/mol. The highest BCUT2D eigenvalue weighted by molar-refractivity contribution is 5.70. The third kappa shape index (κ3) is 1.70. The second-order valence-corrected chi connectivity index (χ2v) is 2.76. The fraction of sp³-hybridized carbons (Fsp3) is 0.857. The van der Waals surface area contributed by atoms with Gasteiger partial charge in [-0.3, -0.25) is 4.79 Å². The number of rotatable bonds is 1. The van der Waals surface area contributed by atoms with E-state index in [2.05, 4.69) is 0 Å². The van der Waals surface area contributed by atoms with Crippen LogP contribution in [-0.4, -0.2) is 23.8 Å². The van der Waals surface area contributed by atoms with Crippen molar-refractivity contribution in [3.8, 4) is 0 Å².